The molecule has 3 amide bonds. The molecule has 0 aromatic rings. The quantitative estimate of drug-likeness (QED) is 0.449. The van der Waals surface area contributed by atoms with E-state index in [9.17, 15) is 14.4 Å². The highest BCUT2D eigenvalue weighted by atomic mass is 35.5. The van der Waals surface area contributed by atoms with Crippen molar-refractivity contribution in [3.05, 3.63) is 0 Å². The minimum absolute atomic E-state index is 0.193. The third-order valence-electron chi connectivity index (χ3n) is 2.53. The number of rotatable bonds is 3. The molecule has 0 aliphatic carbocycles. The van der Waals surface area contributed by atoms with Gasteiger partial charge < -0.3 is 10.6 Å². The van der Waals surface area contributed by atoms with Crippen LogP contribution in [0.5, 0.6) is 0 Å². The van der Waals surface area contributed by atoms with Gasteiger partial charge in [0.2, 0.25) is 5.91 Å². The fraction of sp³-hybridized carbons (Fsp3) is 0.700. The molecule has 0 unspecified atom stereocenters. The highest BCUT2D eigenvalue weighted by Gasteiger charge is 2.24. The minimum Gasteiger partial charge on any atom is -0.347 e. The van der Waals surface area contributed by atoms with Gasteiger partial charge in [-0.1, -0.05) is 0 Å². The van der Waals surface area contributed by atoms with E-state index >= 15 is 0 Å². The van der Waals surface area contributed by atoms with Crippen molar-refractivity contribution in [1.82, 2.24) is 16.0 Å². The number of nitrogens with one attached hydrogen (secondary N) is 3. The van der Waals surface area contributed by atoms with Gasteiger partial charge in [-0.15, -0.1) is 11.6 Å². The Morgan fingerprint density at radius 3 is 2.41 bits per heavy atom. The van der Waals surface area contributed by atoms with Crippen LogP contribution in [0.4, 0.5) is 0 Å². The van der Waals surface area contributed by atoms with Gasteiger partial charge in [-0.2, -0.15) is 0 Å². The molecule has 1 aliphatic heterocycles. The van der Waals surface area contributed by atoms with Gasteiger partial charge >= 0.3 is 11.8 Å². The number of imide groups is 1. The zero-order valence-electron chi connectivity index (χ0n) is 9.42. The lowest BCUT2D eigenvalue weighted by Crippen LogP contribution is -2.46. The van der Waals surface area contributed by atoms with E-state index in [1.165, 1.54) is 0 Å². The topological polar surface area (TPSA) is 87.3 Å². The van der Waals surface area contributed by atoms with Crippen molar-refractivity contribution in [2.75, 3.05) is 25.5 Å². The molecular weight excluding hydrogens is 246 g/mol. The van der Waals surface area contributed by atoms with E-state index in [4.69, 9.17) is 11.6 Å². The number of halogens is 1. The molecule has 0 aromatic carbocycles. The molecule has 1 fully saturated rings. The summed E-state index contributed by atoms with van der Waals surface area (Å²) >= 11 is 5.36. The Labute approximate surface area is 104 Å². The Morgan fingerprint density at radius 2 is 1.82 bits per heavy atom. The molecule has 1 heterocycles. The molecule has 0 radical (unpaired) electrons. The average Bonchev–Trinajstić information content (AvgIpc) is 2.36. The highest BCUT2D eigenvalue weighted by Crippen LogP contribution is 2.10. The first-order valence-corrected chi connectivity index (χ1v) is 6.08. The first kappa shape index (κ1) is 13.9. The smallest absolute Gasteiger partial charge is 0.315 e. The minimum atomic E-state index is -0.918. The summed E-state index contributed by atoms with van der Waals surface area (Å²) in [6.45, 7) is 1.71. The number of carbonyl (C=O) groups is 3. The van der Waals surface area contributed by atoms with Gasteiger partial charge in [0.25, 0.3) is 0 Å². The van der Waals surface area contributed by atoms with Gasteiger partial charge in [0, 0.05) is 18.3 Å². The molecule has 0 saturated carbocycles. The molecular formula is C10H16ClN3O3. The first-order valence-electron chi connectivity index (χ1n) is 5.55. The summed E-state index contributed by atoms with van der Waals surface area (Å²) < 4.78 is 0. The van der Waals surface area contributed by atoms with Gasteiger partial charge in [0.1, 0.15) is 0 Å². The van der Waals surface area contributed by atoms with Gasteiger partial charge in [0.15, 0.2) is 0 Å². The maximum absolute atomic E-state index is 11.6. The summed E-state index contributed by atoms with van der Waals surface area (Å²) in [6, 6.07) is 0. The largest absolute Gasteiger partial charge is 0.347 e. The third-order valence-corrected chi connectivity index (χ3v) is 2.72. The summed E-state index contributed by atoms with van der Waals surface area (Å²) in [5.74, 6) is -2.09. The maximum atomic E-state index is 11.6. The molecule has 0 spiro atoms. The number of alkyl halides is 1. The van der Waals surface area contributed by atoms with Crippen molar-refractivity contribution in [1.29, 1.82) is 0 Å². The standard InChI is InChI=1S/C10H16ClN3O3/c11-3-6-13-9(16)10(17)14-8(15)7-1-4-12-5-2-7/h7,12H,1-6H2,(H,13,16)(H,14,15,17). The Bertz CT molecular complexity index is 303. The second-order valence-electron chi connectivity index (χ2n) is 3.79. The van der Waals surface area contributed by atoms with Gasteiger partial charge in [-0.3, -0.25) is 19.7 Å². The lowest BCUT2D eigenvalue weighted by molar-refractivity contribution is -0.143. The highest BCUT2D eigenvalue weighted by molar-refractivity contribution is 6.37. The number of hydrogen-bond donors (Lipinski definition) is 3. The van der Waals surface area contributed by atoms with Crippen molar-refractivity contribution >= 4 is 29.3 Å². The molecule has 7 heteroatoms. The molecule has 1 saturated heterocycles. The monoisotopic (exact) mass is 261 g/mol. The molecule has 3 N–H and O–H groups in total. The van der Waals surface area contributed by atoms with Crippen LogP contribution in [0.15, 0.2) is 0 Å². The normalized spacial score (nSPS) is 16.3. The fourth-order valence-corrected chi connectivity index (χ4v) is 1.69. The number of carbonyl (C=O) groups excluding carboxylic acids is 3. The third kappa shape index (κ3) is 4.70. The fourth-order valence-electron chi connectivity index (χ4n) is 1.60. The summed E-state index contributed by atoms with van der Waals surface area (Å²) in [6.07, 6.45) is 1.37. The van der Waals surface area contributed by atoms with E-state index in [2.05, 4.69) is 16.0 Å². The summed E-state index contributed by atoms with van der Waals surface area (Å²) in [7, 11) is 0. The molecule has 96 valence electrons. The van der Waals surface area contributed by atoms with Gasteiger partial charge in [-0.05, 0) is 25.9 Å². The molecule has 1 aliphatic rings. The van der Waals surface area contributed by atoms with Crippen molar-refractivity contribution in [3.8, 4) is 0 Å². The number of hydrogen-bond acceptors (Lipinski definition) is 4. The summed E-state index contributed by atoms with van der Waals surface area (Å²) in [4.78, 5) is 34.1. The Hall–Kier alpha value is -1.14. The zero-order chi connectivity index (χ0) is 12.7. The van der Waals surface area contributed by atoms with Crippen LogP contribution >= 0.6 is 11.6 Å². The average molecular weight is 262 g/mol. The van der Waals surface area contributed by atoms with E-state index in [1.54, 1.807) is 0 Å². The van der Waals surface area contributed by atoms with Crippen LogP contribution in [0.1, 0.15) is 12.8 Å². The van der Waals surface area contributed by atoms with Gasteiger partial charge in [-0.25, -0.2) is 0 Å². The van der Waals surface area contributed by atoms with Crippen molar-refractivity contribution < 1.29 is 14.4 Å². The summed E-state index contributed by atoms with van der Waals surface area (Å²) in [5.41, 5.74) is 0. The lowest BCUT2D eigenvalue weighted by Gasteiger charge is -2.21. The second kappa shape index (κ2) is 7.24. The summed E-state index contributed by atoms with van der Waals surface area (Å²) in [5, 5.41) is 7.51. The molecule has 0 bridgehead atoms. The number of piperidine rings is 1. The predicted octanol–water partition coefficient (Wildman–Crippen LogP) is -1.02. The Balaban J connectivity index is 2.34. The Kier molecular flexibility index (Phi) is 5.93. The van der Waals surface area contributed by atoms with E-state index in [1.807, 2.05) is 0 Å². The molecule has 17 heavy (non-hydrogen) atoms. The SMILES string of the molecule is O=C(NCCCl)C(=O)NC(=O)C1CCNCC1. The van der Waals surface area contributed by atoms with Crippen LogP contribution < -0.4 is 16.0 Å². The van der Waals surface area contributed by atoms with Crippen molar-refractivity contribution in [2.45, 2.75) is 12.8 Å². The van der Waals surface area contributed by atoms with E-state index in [0.717, 1.165) is 13.1 Å². The van der Waals surface area contributed by atoms with E-state index in [0.29, 0.717) is 12.8 Å². The van der Waals surface area contributed by atoms with Crippen LogP contribution in [-0.4, -0.2) is 43.2 Å². The Morgan fingerprint density at radius 1 is 1.18 bits per heavy atom. The predicted molar refractivity (Wildman–Crippen MR) is 62.5 cm³/mol. The molecule has 0 atom stereocenters. The van der Waals surface area contributed by atoms with E-state index in [-0.39, 0.29) is 24.2 Å². The van der Waals surface area contributed by atoms with Crippen molar-refractivity contribution in [3.63, 3.8) is 0 Å². The van der Waals surface area contributed by atoms with Crippen molar-refractivity contribution in [2.24, 2.45) is 5.92 Å². The first-order chi connectivity index (χ1) is 8.15. The number of amides is 3. The van der Waals surface area contributed by atoms with Crippen LogP contribution in [0.3, 0.4) is 0 Å². The van der Waals surface area contributed by atoms with Crippen LogP contribution in [0.2, 0.25) is 0 Å². The van der Waals surface area contributed by atoms with Gasteiger partial charge in [0.05, 0.1) is 0 Å². The molecule has 0 aromatic heterocycles. The van der Waals surface area contributed by atoms with Crippen LogP contribution in [0, 0.1) is 5.92 Å². The molecule has 1 rings (SSSR count). The second-order valence-corrected chi connectivity index (χ2v) is 4.17. The maximum Gasteiger partial charge on any atom is 0.315 e. The van der Waals surface area contributed by atoms with E-state index < -0.39 is 11.8 Å². The van der Waals surface area contributed by atoms with Crippen LogP contribution in [-0.2, 0) is 14.4 Å². The van der Waals surface area contributed by atoms with Crippen LogP contribution in [0.25, 0.3) is 0 Å². The zero-order valence-corrected chi connectivity index (χ0v) is 10.2. The lowest BCUT2D eigenvalue weighted by atomic mass is 9.97. The molecule has 6 nitrogen and oxygen atoms in total.